The molecule has 0 aliphatic carbocycles. The summed E-state index contributed by atoms with van der Waals surface area (Å²) >= 11 is 0. The second-order valence-electron chi connectivity index (χ2n) is 5.80. The molecule has 0 amide bonds. The number of aromatic nitrogens is 1. The molecule has 0 spiro atoms. The zero-order valence-electron chi connectivity index (χ0n) is 13.3. The number of para-hydroxylation sites is 1. The van der Waals surface area contributed by atoms with E-state index in [1.54, 1.807) is 37.3 Å². The van der Waals surface area contributed by atoms with E-state index in [1.807, 2.05) is 18.2 Å². The molecule has 2 heterocycles. The third-order valence-corrected chi connectivity index (χ3v) is 4.25. The molecule has 0 fully saturated rings. The maximum Gasteiger partial charge on any atom is 0.266 e. The first kappa shape index (κ1) is 14.9. The van der Waals surface area contributed by atoms with Crippen LogP contribution in [0.15, 0.2) is 62.5 Å². The molecular weight excluding hydrogens is 316 g/mol. The Morgan fingerprint density at radius 3 is 2.56 bits per heavy atom. The third-order valence-electron chi connectivity index (χ3n) is 4.25. The minimum Gasteiger partial charge on any atom is -0.456 e. The lowest BCUT2D eigenvalue weighted by Crippen LogP contribution is -2.12. The minimum atomic E-state index is -0.421. The standard InChI is InChI=1S/C20H12N2O3/c1-11-15(9-13(10-21)20(24)22-11)12-6-7-18-16(8-12)19(23)14-4-2-3-5-17(14)25-18/h2-9H,1H3,(H,22,24). The van der Waals surface area contributed by atoms with Crippen LogP contribution in [0.2, 0.25) is 0 Å². The zero-order chi connectivity index (χ0) is 17.6. The van der Waals surface area contributed by atoms with Crippen LogP contribution in [0.5, 0.6) is 0 Å². The molecule has 0 saturated heterocycles. The molecule has 5 nitrogen and oxygen atoms in total. The van der Waals surface area contributed by atoms with E-state index in [9.17, 15) is 9.59 Å². The number of hydrogen-bond donors (Lipinski definition) is 1. The highest BCUT2D eigenvalue weighted by Crippen LogP contribution is 2.26. The van der Waals surface area contributed by atoms with Crippen LogP contribution in [0, 0.1) is 18.3 Å². The van der Waals surface area contributed by atoms with Gasteiger partial charge in [-0.05, 0) is 42.8 Å². The Balaban J connectivity index is 2.04. The molecule has 4 rings (SSSR count). The molecule has 5 heteroatoms. The summed E-state index contributed by atoms with van der Waals surface area (Å²) in [5, 5.41) is 10.1. The molecule has 0 unspecified atom stereocenters. The molecular formula is C20H12N2O3. The van der Waals surface area contributed by atoms with Gasteiger partial charge >= 0.3 is 0 Å². The molecule has 25 heavy (non-hydrogen) atoms. The largest absolute Gasteiger partial charge is 0.456 e. The van der Waals surface area contributed by atoms with Crippen molar-refractivity contribution in [3.8, 4) is 17.2 Å². The molecule has 0 aliphatic heterocycles. The average molecular weight is 328 g/mol. The number of hydrogen-bond acceptors (Lipinski definition) is 4. The lowest BCUT2D eigenvalue weighted by atomic mass is 10.0. The maximum absolute atomic E-state index is 12.8. The predicted octanol–water partition coefficient (Wildman–Crippen LogP) is 3.48. The molecule has 120 valence electrons. The van der Waals surface area contributed by atoms with Crippen LogP contribution in [0.25, 0.3) is 33.1 Å². The second-order valence-corrected chi connectivity index (χ2v) is 5.80. The highest BCUT2D eigenvalue weighted by atomic mass is 16.3. The maximum atomic E-state index is 12.8. The van der Waals surface area contributed by atoms with Gasteiger partial charge < -0.3 is 9.40 Å². The van der Waals surface area contributed by atoms with Crippen LogP contribution in [-0.2, 0) is 0 Å². The molecule has 0 saturated carbocycles. The highest BCUT2D eigenvalue weighted by Gasteiger charge is 2.11. The van der Waals surface area contributed by atoms with Gasteiger partial charge in [-0.15, -0.1) is 0 Å². The van der Waals surface area contributed by atoms with Gasteiger partial charge in [-0.2, -0.15) is 5.26 Å². The Bertz CT molecular complexity index is 1310. The highest BCUT2D eigenvalue weighted by molar-refractivity contribution is 5.92. The van der Waals surface area contributed by atoms with Crippen LogP contribution in [-0.4, -0.2) is 4.98 Å². The van der Waals surface area contributed by atoms with E-state index in [4.69, 9.17) is 9.68 Å². The number of nitrogens with one attached hydrogen (secondary N) is 1. The average Bonchev–Trinajstić information content (AvgIpc) is 2.62. The Kier molecular flexibility index (Phi) is 3.26. The van der Waals surface area contributed by atoms with E-state index >= 15 is 0 Å². The van der Waals surface area contributed by atoms with E-state index in [0.29, 0.717) is 33.2 Å². The van der Waals surface area contributed by atoms with Gasteiger partial charge in [-0.25, -0.2) is 0 Å². The predicted molar refractivity (Wildman–Crippen MR) is 95.5 cm³/mol. The Labute approximate surface area is 141 Å². The van der Waals surface area contributed by atoms with Crippen molar-refractivity contribution in [3.05, 3.63) is 80.4 Å². The molecule has 0 bridgehead atoms. The molecule has 0 aliphatic rings. The number of aryl methyl sites for hydroxylation is 1. The summed E-state index contributed by atoms with van der Waals surface area (Å²) < 4.78 is 5.80. The topological polar surface area (TPSA) is 86.9 Å². The summed E-state index contributed by atoms with van der Waals surface area (Å²) in [7, 11) is 0. The van der Waals surface area contributed by atoms with Gasteiger partial charge in [-0.3, -0.25) is 9.59 Å². The van der Waals surface area contributed by atoms with Crippen molar-refractivity contribution in [3.63, 3.8) is 0 Å². The van der Waals surface area contributed by atoms with Crippen molar-refractivity contribution in [1.29, 1.82) is 5.26 Å². The lowest BCUT2D eigenvalue weighted by molar-refractivity contribution is 0.660. The molecule has 0 atom stereocenters. The van der Waals surface area contributed by atoms with E-state index < -0.39 is 5.56 Å². The van der Waals surface area contributed by atoms with E-state index in [2.05, 4.69) is 4.98 Å². The summed E-state index contributed by atoms with van der Waals surface area (Å²) in [6.45, 7) is 1.75. The van der Waals surface area contributed by atoms with Gasteiger partial charge in [0.1, 0.15) is 22.8 Å². The third kappa shape index (κ3) is 2.32. The van der Waals surface area contributed by atoms with Gasteiger partial charge in [-0.1, -0.05) is 18.2 Å². The molecule has 2 aromatic heterocycles. The minimum absolute atomic E-state index is 0.0336. The van der Waals surface area contributed by atoms with Crippen LogP contribution in [0.3, 0.4) is 0 Å². The quantitative estimate of drug-likeness (QED) is 0.542. The van der Waals surface area contributed by atoms with Crippen molar-refractivity contribution < 1.29 is 4.42 Å². The Hall–Kier alpha value is -3.65. The summed E-state index contributed by atoms with van der Waals surface area (Å²) in [6, 6.07) is 15.8. The SMILES string of the molecule is Cc1[nH]c(=O)c(C#N)cc1-c1ccc2oc3ccccc3c(=O)c2c1. The molecule has 1 N–H and O–H groups in total. The first-order valence-corrected chi connectivity index (χ1v) is 7.68. The zero-order valence-corrected chi connectivity index (χ0v) is 13.3. The van der Waals surface area contributed by atoms with Crippen molar-refractivity contribution in [1.82, 2.24) is 4.98 Å². The van der Waals surface area contributed by atoms with E-state index in [1.165, 1.54) is 6.07 Å². The number of aromatic amines is 1. The molecule has 2 aromatic carbocycles. The summed E-state index contributed by atoms with van der Waals surface area (Å²) in [5.41, 5.74) is 2.61. The lowest BCUT2D eigenvalue weighted by Gasteiger charge is -2.08. The fourth-order valence-corrected chi connectivity index (χ4v) is 2.98. The number of nitrogens with zero attached hydrogens (tertiary/aromatic N) is 1. The molecule has 4 aromatic rings. The summed E-state index contributed by atoms with van der Waals surface area (Å²) in [6.07, 6.45) is 0. The van der Waals surface area contributed by atoms with Crippen LogP contribution in [0.4, 0.5) is 0 Å². The molecule has 0 radical (unpaired) electrons. The Morgan fingerprint density at radius 2 is 1.76 bits per heavy atom. The van der Waals surface area contributed by atoms with Gasteiger partial charge in [0.25, 0.3) is 5.56 Å². The normalized spacial score (nSPS) is 10.9. The number of rotatable bonds is 1. The number of pyridine rings is 1. The number of fused-ring (bicyclic) bond motifs is 2. The van der Waals surface area contributed by atoms with Gasteiger partial charge in [0.15, 0.2) is 0 Å². The van der Waals surface area contributed by atoms with Crippen LogP contribution < -0.4 is 11.0 Å². The monoisotopic (exact) mass is 328 g/mol. The van der Waals surface area contributed by atoms with Gasteiger partial charge in [0.05, 0.1) is 10.8 Å². The number of H-pyrrole nitrogens is 1. The fourth-order valence-electron chi connectivity index (χ4n) is 2.98. The van der Waals surface area contributed by atoms with Crippen molar-refractivity contribution in [2.45, 2.75) is 6.92 Å². The first-order chi connectivity index (χ1) is 12.1. The fraction of sp³-hybridized carbons (Fsp3) is 0.0500. The van der Waals surface area contributed by atoms with E-state index in [-0.39, 0.29) is 11.0 Å². The number of nitriles is 1. The van der Waals surface area contributed by atoms with Gasteiger partial charge in [0, 0.05) is 11.3 Å². The Morgan fingerprint density at radius 1 is 1.00 bits per heavy atom. The summed E-state index contributed by atoms with van der Waals surface area (Å²) in [4.78, 5) is 27.2. The van der Waals surface area contributed by atoms with E-state index in [0.717, 1.165) is 5.56 Å². The summed E-state index contributed by atoms with van der Waals surface area (Å²) in [5.74, 6) is 0. The van der Waals surface area contributed by atoms with Crippen LogP contribution in [0.1, 0.15) is 11.3 Å². The van der Waals surface area contributed by atoms with Crippen LogP contribution >= 0.6 is 0 Å². The smallest absolute Gasteiger partial charge is 0.266 e. The number of benzene rings is 2. The van der Waals surface area contributed by atoms with Crippen molar-refractivity contribution >= 4 is 21.9 Å². The van der Waals surface area contributed by atoms with Gasteiger partial charge in [0.2, 0.25) is 5.43 Å². The van der Waals surface area contributed by atoms with Crippen molar-refractivity contribution in [2.75, 3.05) is 0 Å². The van der Waals surface area contributed by atoms with Crippen molar-refractivity contribution in [2.24, 2.45) is 0 Å². The first-order valence-electron chi connectivity index (χ1n) is 7.68. The second kappa shape index (κ2) is 5.46.